The van der Waals surface area contributed by atoms with E-state index in [2.05, 4.69) is 0 Å². The standard InChI is InChI=1S/C16H11NO2/c18-15-10-11-16(19)17(15)14-8-6-13(7-9-14)12-4-2-1-3-5-12/h1-11H. The molecule has 1 aliphatic rings. The van der Waals surface area contributed by atoms with Gasteiger partial charge in [-0.1, -0.05) is 42.5 Å². The molecule has 1 aliphatic heterocycles. The molecule has 0 aliphatic carbocycles. The molecule has 3 nitrogen and oxygen atoms in total. The average Bonchev–Trinajstić information content (AvgIpc) is 2.79. The lowest BCUT2D eigenvalue weighted by atomic mass is 10.1. The first-order valence-electron chi connectivity index (χ1n) is 5.97. The molecule has 1 heterocycles. The van der Waals surface area contributed by atoms with E-state index in [4.69, 9.17) is 0 Å². The van der Waals surface area contributed by atoms with Crippen molar-refractivity contribution < 1.29 is 9.59 Å². The number of carbonyl (C=O) groups is 2. The van der Waals surface area contributed by atoms with Gasteiger partial charge in [0.15, 0.2) is 0 Å². The van der Waals surface area contributed by atoms with Crippen molar-refractivity contribution in [1.82, 2.24) is 0 Å². The quantitative estimate of drug-likeness (QED) is 0.767. The third kappa shape index (κ3) is 2.06. The number of hydrogen-bond acceptors (Lipinski definition) is 2. The normalized spacial score (nSPS) is 14.2. The van der Waals surface area contributed by atoms with Crippen LogP contribution < -0.4 is 4.90 Å². The molecule has 3 heteroatoms. The van der Waals surface area contributed by atoms with E-state index in [0.29, 0.717) is 5.69 Å². The molecule has 0 spiro atoms. The van der Waals surface area contributed by atoms with Crippen molar-refractivity contribution in [3.63, 3.8) is 0 Å². The summed E-state index contributed by atoms with van der Waals surface area (Å²) >= 11 is 0. The Morgan fingerprint density at radius 1 is 0.632 bits per heavy atom. The Balaban J connectivity index is 1.92. The lowest BCUT2D eigenvalue weighted by Gasteiger charge is -2.14. The highest BCUT2D eigenvalue weighted by atomic mass is 16.2. The molecule has 3 rings (SSSR count). The van der Waals surface area contributed by atoms with Gasteiger partial charge in [0.25, 0.3) is 11.8 Å². The van der Waals surface area contributed by atoms with E-state index in [1.807, 2.05) is 42.5 Å². The highest BCUT2D eigenvalue weighted by molar-refractivity contribution is 6.28. The molecule has 0 bridgehead atoms. The minimum Gasteiger partial charge on any atom is -0.269 e. The minimum absolute atomic E-state index is 0.294. The van der Waals surface area contributed by atoms with Crippen molar-refractivity contribution in [2.24, 2.45) is 0 Å². The van der Waals surface area contributed by atoms with Crippen LogP contribution in [0.5, 0.6) is 0 Å². The van der Waals surface area contributed by atoms with Crippen LogP contribution >= 0.6 is 0 Å². The van der Waals surface area contributed by atoms with Gasteiger partial charge >= 0.3 is 0 Å². The van der Waals surface area contributed by atoms with Crippen molar-refractivity contribution in [2.45, 2.75) is 0 Å². The number of nitrogens with zero attached hydrogens (tertiary/aromatic N) is 1. The molecule has 0 fully saturated rings. The summed E-state index contributed by atoms with van der Waals surface area (Å²) in [5, 5.41) is 0. The monoisotopic (exact) mass is 249 g/mol. The zero-order chi connectivity index (χ0) is 13.2. The second-order valence-electron chi connectivity index (χ2n) is 4.26. The second-order valence-corrected chi connectivity index (χ2v) is 4.26. The van der Waals surface area contributed by atoms with Crippen molar-refractivity contribution >= 4 is 17.5 Å². The molecule has 0 saturated carbocycles. The summed E-state index contributed by atoms with van der Waals surface area (Å²) in [6.07, 6.45) is 2.57. The van der Waals surface area contributed by atoms with Gasteiger partial charge < -0.3 is 0 Å². The summed E-state index contributed by atoms with van der Waals surface area (Å²) in [5.41, 5.74) is 2.75. The van der Waals surface area contributed by atoms with Crippen LogP contribution in [0.25, 0.3) is 11.1 Å². The van der Waals surface area contributed by atoms with Gasteiger partial charge in [0.05, 0.1) is 5.69 Å². The van der Waals surface area contributed by atoms with E-state index >= 15 is 0 Å². The van der Waals surface area contributed by atoms with Gasteiger partial charge in [-0.05, 0) is 23.3 Å². The van der Waals surface area contributed by atoms with E-state index in [-0.39, 0.29) is 11.8 Å². The van der Waals surface area contributed by atoms with E-state index < -0.39 is 0 Å². The third-order valence-corrected chi connectivity index (χ3v) is 3.04. The zero-order valence-corrected chi connectivity index (χ0v) is 10.1. The summed E-state index contributed by atoms with van der Waals surface area (Å²) in [5.74, 6) is -0.588. The smallest absolute Gasteiger partial charge is 0.258 e. The maximum absolute atomic E-state index is 11.6. The number of rotatable bonds is 2. The SMILES string of the molecule is O=C1C=CC(=O)N1c1ccc(-c2ccccc2)cc1. The highest BCUT2D eigenvalue weighted by Crippen LogP contribution is 2.24. The van der Waals surface area contributed by atoms with E-state index in [0.717, 1.165) is 16.0 Å². The second kappa shape index (κ2) is 4.53. The Morgan fingerprint density at radius 2 is 1.16 bits per heavy atom. The summed E-state index contributed by atoms with van der Waals surface area (Å²) < 4.78 is 0. The van der Waals surface area contributed by atoms with Gasteiger partial charge in [0.2, 0.25) is 0 Å². The van der Waals surface area contributed by atoms with E-state index in [1.165, 1.54) is 12.2 Å². The Labute approximate surface area is 110 Å². The lowest BCUT2D eigenvalue weighted by Crippen LogP contribution is -2.29. The molecular formula is C16H11NO2. The Morgan fingerprint density at radius 3 is 1.74 bits per heavy atom. The number of benzene rings is 2. The maximum Gasteiger partial charge on any atom is 0.258 e. The topological polar surface area (TPSA) is 37.4 Å². The number of carbonyl (C=O) groups excluding carboxylic acids is 2. The number of amides is 2. The predicted molar refractivity (Wildman–Crippen MR) is 73.5 cm³/mol. The highest BCUT2D eigenvalue weighted by Gasteiger charge is 2.24. The van der Waals surface area contributed by atoms with Crippen LogP contribution in [-0.2, 0) is 9.59 Å². The summed E-state index contributed by atoms with van der Waals surface area (Å²) in [4.78, 5) is 24.3. The molecule has 92 valence electrons. The van der Waals surface area contributed by atoms with Gasteiger partial charge in [0, 0.05) is 12.2 Å². The van der Waals surface area contributed by atoms with Gasteiger partial charge in [0.1, 0.15) is 0 Å². The Bertz CT molecular complexity index is 639. The fourth-order valence-electron chi connectivity index (χ4n) is 2.09. The van der Waals surface area contributed by atoms with Crippen LogP contribution in [0.15, 0.2) is 66.7 Å². The first-order chi connectivity index (χ1) is 9.25. The van der Waals surface area contributed by atoms with Crippen molar-refractivity contribution in [1.29, 1.82) is 0 Å². The number of anilines is 1. The molecule has 0 N–H and O–H groups in total. The maximum atomic E-state index is 11.6. The van der Waals surface area contributed by atoms with Crippen LogP contribution in [0.2, 0.25) is 0 Å². The fourth-order valence-corrected chi connectivity index (χ4v) is 2.09. The molecule has 0 aromatic heterocycles. The summed E-state index contributed by atoms with van der Waals surface area (Å²) in [6, 6.07) is 17.3. The van der Waals surface area contributed by atoms with E-state index in [9.17, 15) is 9.59 Å². The molecule has 19 heavy (non-hydrogen) atoms. The minimum atomic E-state index is -0.294. The third-order valence-electron chi connectivity index (χ3n) is 3.04. The molecular weight excluding hydrogens is 238 g/mol. The van der Waals surface area contributed by atoms with Gasteiger partial charge in [-0.2, -0.15) is 0 Å². The van der Waals surface area contributed by atoms with Crippen LogP contribution in [0, 0.1) is 0 Å². The first kappa shape index (κ1) is 11.4. The van der Waals surface area contributed by atoms with Crippen molar-refractivity contribution in [2.75, 3.05) is 4.90 Å². The van der Waals surface area contributed by atoms with Crippen LogP contribution in [0.1, 0.15) is 0 Å². The van der Waals surface area contributed by atoms with Gasteiger partial charge in [-0.15, -0.1) is 0 Å². The number of hydrogen-bond donors (Lipinski definition) is 0. The van der Waals surface area contributed by atoms with Gasteiger partial charge in [-0.3, -0.25) is 9.59 Å². The van der Waals surface area contributed by atoms with Crippen LogP contribution in [0.4, 0.5) is 5.69 Å². The molecule has 2 aromatic carbocycles. The van der Waals surface area contributed by atoms with Gasteiger partial charge in [-0.25, -0.2) is 4.90 Å². The number of imide groups is 1. The van der Waals surface area contributed by atoms with Crippen LogP contribution in [0.3, 0.4) is 0 Å². The first-order valence-corrected chi connectivity index (χ1v) is 5.97. The summed E-state index contributed by atoms with van der Waals surface area (Å²) in [7, 11) is 0. The average molecular weight is 249 g/mol. The zero-order valence-electron chi connectivity index (χ0n) is 10.1. The largest absolute Gasteiger partial charge is 0.269 e. The lowest BCUT2D eigenvalue weighted by molar-refractivity contribution is -0.119. The molecule has 2 aromatic rings. The molecule has 0 unspecified atom stereocenters. The van der Waals surface area contributed by atoms with Crippen molar-refractivity contribution in [3.05, 3.63) is 66.7 Å². The Kier molecular flexibility index (Phi) is 2.72. The molecule has 0 saturated heterocycles. The van der Waals surface area contributed by atoms with Crippen molar-refractivity contribution in [3.8, 4) is 11.1 Å². The predicted octanol–water partition coefficient (Wildman–Crippen LogP) is 2.78. The van der Waals surface area contributed by atoms with Crippen LogP contribution in [-0.4, -0.2) is 11.8 Å². The van der Waals surface area contributed by atoms with E-state index in [1.54, 1.807) is 12.1 Å². The molecule has 2 amide bonds. The Hall–Kier alpha value is -2.68. The summed E-state index contributed by atoms with van der Waals surface area (Å²) in [6.45, 7) is 0. The molecule has 0 radical (unpaired) electrons. The molecule has 0 atom stereocenters. The fraction of sp³-hybridized carbons (Fsp3) is 0.